The maximum Gasteiger partial charge on any atom is 0.233 e. The fourth-order valence-corrected chi connectivity index (χ4v) is 8.96. The first-order valence-electron chi connectivity index (χ1n) is 14.0. The van der Waals surface area contributed by atoms with Crippen molar-refractivity contribution in [2.45, 2.75) is 65.7 Å². The SMILES string of the molecule is Cc1nn(C)cc1-c1ccc(OCC2CC3CN(CC45CC(C)CC(CC(C)C4)C5)CC3C2)nn1. The van der Waals surface area contributed by atoms with Crippen LogP contribution in [0.15, 0.2) is 18.3 Å². The third-order valence-electron chi connectivity index (χ3n) is 9.64. The molecule has 0 spiro atoms. The molecule has 1 aliphatic heterocycles. The normalized spacial score (nSPS) is 36.9. The Morgan fingerprint density at radius 1 is 0.971 bits per heavy atom. The third-order valence-corrected chi connectivity index (χ3v) is 9.64. The smallest absolute Gasteiger partial charge is 0.233 e. The zero-order chi connectivity index (χ0) is 24.2. The zero-order valence-corrected chi connectivity index (χ0v) is 22.1. The molecule has 0 amide bonds. The molecule has 1 saturated heterocycles. The fraction of sp³-hybridized carbons (Fsp3) is 0.759. The number of aromatic nitrogens is 4. The van der Waals surface area contributed by atoms with Crippen LogP contribution >= 0.6 is 0 Å². The number of rotatable bonds is 6. The lowest BCUT2D eigenvalue weighted by Crippen LogP contribution is -2.46. The summed E-state index contributed by atoms with van der Waals surface area (Å²) in [6.45, 7) is 11.8. The number of aryl methyl sites for hydroxylation is 2. The van der Waals surface area contributed by atoms with E-state index in [1.54, 1.807) is 0 Å². The summed E-state index contributed by atoms with van der Waals surface area (Å²) in [5.74, 6) is 5.86. The zero-order valence-electron chi connectivity index (χ0n) is 22.1. The Kier molecular flexibility index (Phi) is 6.14. The van der Waals surface area contributed by atoms with Crippen molar-refractivity contribution in [1.29, 1.82) is 0 Å². The average molecular weight is 478 g/mol. The molecular formula is C29H43N5O. The Morgan fingerprint density at radius 3 is 2.29 bits per heavy atom. The number of hydrogen-bond acceptors (Lipinski definition) is 5. The summed E-state index contributed by atoms with van der Waals surface area (Å²) >= 11 is 0. The highest BCUT2D eigenvalue weighted by atomic mass is 16.5. The minimum Gasteiger partial charge on any atom is -0.476 e. The van der Waals surface area contributed by atoms with E-state index in [4.69, 9.17) is 4.74 Å². The summed E-state index contributed by atoms with van der Waals surface area (Å²) in [5.41, 5.74) is 3.46. The maximum atomic E-state index is 6.10. The molecule has 3 aliphatic carbocycles. The Balaban J connectivity index is 0.995. The summed E-state index contributed by atoms with van der Waals surface area (Å²) in [6.07, 6.45) is 12.0. The molecule has 4 unspecified atom stereocenters. The van der Waals surface area contributed by atoms with E-state index in [-0.39, 0.29) is 0 Å². The number of ether oxygens (including phenoxy) is 1. The minimum atomic E-state index is 0.611. The molecule has 4 aliphatic rings. The van der Waals surface area contributed by atoms with E-state index in [0.717, 1.165) is 53.1 Å². The van der Waals surface area contributed by atoms with Crippen LogP contribution in [0.5, 0.6) is 5.88 Å². The predicted molar refractivity (Wildman–Crippen MR) is 138 cm³/mol. The van der Waals surface area contributed by atoms with Crippen LogP contribution in [-0.4, -0.2) is 51.1 Å². The van der Waals surface area contributed by atoms with Crippen molar-refractivity contribution in [2.75, 3.05) is 26.2 Å². The second-order valence-electron chi connectivity index (χ2n) is 13.1. The molecule has 190 valence electrons. The van der Waals surface area contributed by atoms with Crippen molar-refractivity contribution >= 4 is 0 Å². The van der Waals surface area contributed by atoms with Crippen LogP contribution in [0.3, 0.4) is 0 Å². The first-order valence-corrected chi connectivity index (χ1v) is 14.0. The molecule has 6 heteroatoms. The van der Waals surface area contributed by atoms with Gasteiger partial charge in [-0.3, -0.25) is 4.68 Å². The van der Waals surface area contributed by atoms with Crippen molar-refractivity contribution in [3.05, 3.63) is 24.0 Å². The Hall–Kier alpha value is -1.95. The van der Waals surface area contributed by atoms with Crippen molar-refractivity contribution in [1.82, 2.24) is 24.9 Å². The lowest BCUT2D eigenvalue weighted by molar-refractivity contribution is -0.00681. The van der Waals surface area contributed by atoms with Crippen LogP contribution in [0.25, 0.3) is 11.3 Å². The van der Waals surface area contributed by atoms with Crippen LogP contribution in [0.2, 0.25) is 0 Å². The van der Waals surface area contributed by atoms with E-state index in [1.165, 1.54) is 64.6 Å². The molecule has 0 aromatic carbocycles. The number of likely N-dealkylation sites (tertiary alicyclic amines) is 1. The number of fused-ring (bicyclic) bond motifs is 3. The monoisotopic (exact) mass is 477 g/mol. The molecular weight excluding hydrogens is 434 g/mol. The summed E-state index contributed by atoms with van der Waals surface area (Å²) < 4.78 is 7.91. The van der Waals surface area contributed by atoms with Crippen LogP contribution in [-0.2, 0) is 7.05 Å². The largest absolute Gasteiger partial charge is 0.476 e. The van der Waals surface area contributed by atoms with Gasteiger partial charge in [0.2, 0.25) is 5.88 Å². The fourth-order valence-electron chi connectivity index (χ4n) is 8.96. The predicted octanol–water partition coefficient (Wildman–Crippen LogP) is 5.37. The maximum absolute atomic E-state index is 6.10. The third kappa shape index (κ3) is 4.87. The second-order valence-corrected chi connectivity index (χ2v) is 13.1. The van der Waals surface area contributed by atoms with Gasteiger partial charge in [0.15, 0.2) is 0 Å². The van der Waals surface area contributed by atoms with Gasteiger partial charge in [-0.25, -0.2) is 0 Å². The standard InChI is InChI=1S/C29H43N5O/c1-19-7-22-8-20(2)12-29(11-19,13-22)18-34-14-24-9-23(10-25(24)15-34)17-35-28-6-5-27(30-31-28)26-16-33(4)32-21(26)3/h5-6,16,19-20,22-25H,7-15,17-18H2,1-4H3. The highest BCUT2D eigenvalue weighted by molar-refractivity contribution is 5.60. The Morgan fingerprint density at radius 2 is 1.69 bits per heavy atom. The average Bonchev–Trinajstić information content (AvgIpc) is 3.43. The molecule has 4 fully saturated rings. The molecule has 3 heterocycles. The quantitative estimate of drug-likeness (QED) is 0.559. The van der Waals surface area contributed by atoms with E-state index >= 15 is 0 Å². The van der Waals surface area contributed by atoms with Gasteiger partial charge in [0, 0.05) is 44.5 Å². The molecule has 2 bridgehead atoms. The molecule has 6 rings (SSSR count). The van der Waals surface area contributed by atoms with Crippen LogP contribution in [0.4, 0.5) is 0 Å². The number of nitrogens with zero attached hydrogens (tertiary/aromatic N) is 5. The summed E-state index contributed by atoms with van der Waals surface area (Å²) in [5, 5.41) is 13.1. The van der Waals surface area contributed by atoms with Gasteiger partial charge in [0.1, 0.15) is 0 Å². The lowest BCUT2D eigenvalue weighted by atomic mass is 9.56. The van der Waals surface area contributed by atoms with E-state index in [1.807, 2.05) is 37.0 Å². The van der Waals surface area contributed by atoms with Gasteiger partial charge in [-0.1, -0.05) is 13.8 Å². The molecule has 35 heavy (non-hydrogen) atoms. The van der Waals surface area contributed by atoms with Gasteiger partial charge < -0.3 is 9.64 Å². The highest BCUT2D eigenvalue weighted by Gasteiger charge is 2.48. The summed E-state index contributed by atoms with van der Waals surface area (Å²) in [7, 11) is 1.93. The van der Waals surface area contributed by atoms with Gasteiger partial charge in [-0.05, 0) is 98.9 Å². The number of hydrogen-bond donors (Lipinski definition) is 0. The van der Waals surface area contributed by atoms with Crippen molar-refractivity contribution in [3.63, 3.8) is 0 Å². The lowest BCUT2D eigenvalue weighted by Gasteiger charge is -2.51. The Labute approximate surface area is 210 Å². The molecule has 2 aromatic heterocycles. The van der Waals surface area contributed by atoms with Crippen molar-refractivity contribution < 1.29 is 4.74 Å². The molecule has 2 aromatic rings. The van der Waals surface area contributed by atoms with Gasteiger partial charge in [-0.2, -0.15) is 5.10 Å². The van der Waals surface area contributed by atoms with Crippen molar-refractivity contribution in [3.8, 4) is 17.1 Å². The molecule has 6 nitrogen and oxygen atoms in total. The minimum absolute atomic E-state index is 0.611. The summed E-state index contributed by atoms with van der Waals surface area (Å²) in [6, 6.07) is 3.95. The molecule has 3 saturated carbocycles. The molecule has 4 atom stereocenters. The van der Waals surface area contributed by atoms with Gasteiger partial charge >= 0.3 is 0 Å². The van der Waals surface area contributed by atoms with Gasteiger partial charge in [-0.15, -0.1) is 10.2 Å². The van der Waals surface area contributed by atoms with Crippen molar-refractivity contribution in [2.24, 2.45) is 48.0 Å². The first-order chi connectivity index (χ1) is 16.8. The van der Waals surface area contributed by atoms with Crippen LogP contribution < -0.4 is 4.74 Å². The van der Waals surface area contributed by atoms with Crippen LogP contribution in [0, 0.1) is 47.8 Å². The molecule has 0 radical (unpaired) electrons. The highest BCUT2D eigenvalue weighted by Crippen LogP contribution is 2.54. The van der Waals surface area contributed by atoms with Crippen LogP contribution in [0.1, 0.15) is 64.5 Å². The Bertz CT molecular complexity index is 999. The van der Waals surface area contributed by atoms with E-state index in [9.17, 15) is 0 Å². The molecule has 0 N–H and O–H groups in total. The van der Waals surface area contributed by atoms with Gasteiger partial charge in [0.05, 0.1) is 18.0 Å². The van der Waals surface area contributed by atoms with E-state index in [2.05, 4.69) is 34.0 Å². The topological polar surface area (TPSA) is 56.1 Å². The summed E-state index contributed by atoms with van der Waals surface area (Å²) in [4.78, 5) is 2.87. The van der Waals surface area contributed by atoms with E-state index in [0.29, 0.717) is 17.2 Å². The van der Waals surface area contributed by atoms with Gasteiger partial charge in [0.25, 0.3) is 0 Å². The van der Waals surface area contributed by atoms with E-state index < -0.39 is 0 Å². The first kappa shape index (κ1) is 23.4. The second kappa shape index (κ2) is 9.17.